The molecule has 0 aliphatic carbocycles. The van der Waals surface area contributed by atoms with Gasteiger partial charge in [0.15, 0.2) is 0 Å². The third kappa shape index (κ3) is 8.95. The lowest BCUT2D eigenvalue weighted by Crippen LogP contribution is -1.83. The molecule has 0 radical (unpaired) electrons. The Morgan fingerprint density at radius 2 is 0.583 bits per heavy atom. The molecule has 0 atom stereocenters. The van der Waals surface area contributed by atoms with E-state index in [0.29, 0.717) is 11.8 Å². The first-order valence-corrected chi connectivity index (χ1v) is 8.71. The molecule has 0 aliphatic rings. The second kappa shape index (κ2) is 12.1. The van der Waals surface area contributed by atoms with Crippen molar-refractivity contribution in [3.63, 3.8) is 0 Å². The summed E-state index contributed by atoms with van der Waals surface area (Å²) >= 11 is 0. The Hall–Kier alpha value is -2.34. The Labute approximate surface area is 148 Å². The van der Waals surface area contributed by atoms with Crippen LogP contribution < -0.4 is 0 Å². The molecule has 0 unspecified atom stereocenters. The lowest BCUT2D eigenvalue weighted by molar-refractivity contribution is 0.867. The normalized spacial score (nSPS) is 9.58. The molecule has 0 aliphatic heterocycles. The van der Waals surface area contributed by atoms with Crippen LogP contribution in [0.2, 0.25) is 0 Å². The van der Waals surface area contributed by atoms with E-state index in [9.17, 15) is 0 Å². The molecule has 3 aromatic rings. The van der Waals surface area contributed by atoms with Crippen molar-refractivity contribution < 1.29 is 0 Å². The molecule has 0 saturated carbocycles. The van der Waals surface area contributed by atoms with Gasteiger partial charge >= 0.3 is 0 Å². The van der Waals surface area contributed by atoms with Crippen LogP contribution in [0.3, 0.4) is 0 Å². The maximum absolute atomic E-state index is 2.20. The molecule has 126 valence electrons. The molecule has 0 spiro atoms. The Kier molecular flexibility index (Phi) is 9.96. The van der Waals surface area contributed by atoms with E-state index in [2.05, 4.69) is 76.2 Å². The van der Waals surface area contributed by atoms with Gasteiger partial charge in [0.2, 0.25) is 0 Å². The van der Waals surface area contributed by atoms with Crippen molar-refractivity contribution in [3.8, 4) is 0 Å². The van der Waals surface area contributed by atoms with Crippen LogP contribution in [0.5, 0.6) is 0 Å². The molecule has 24 heavy (non-hydrogen) atoms. The third-order valence-corrected chi connectivity index (χ3v) is 3.60. The standard InChI is InChI=1S/2C9H12.C6H6/c2*1-8(2)9-6-4-3-5-7-9;1-2-4-6-5-3-1/h2*3-8H,1-2H3;1-6H. The van der Waals surface area contributed by atoms with Gasteiger partial charge in [0.25, 0.3) is 0 Å². The van der Waals surface area contributed by atoms with Gasteiger partial charge in [-0.2, -0.15) is 0 Å². The maximum atomic E-state index is 2.20. The fraction of sp³-hybridized carbons (Fsp3) is 0.250. The molecule has 3 aromatic carbocycles. The number of hydrogen-bond donors (Lipinski definition) is 0. The predicted octanol–water partition coefficient (Wildman–Crippen LogP) is 7.31. The van der Waals surface area contributed by atoms with Crippen LogP contribution in [0.25, 0.3) is 0 Å². The van der Waals surface area contributed by atoms with Gasteiger partial charge in [-0.25, -0.2) is 0 Å². The maximum Gasteiger partial charge on any atom is -0.0219 e. The van der Waals surface area contributed by atoms with E-state index in [-0.39, 0.29) is 0 Å². The van der Waals surface area contributed by atoms with Gasteiger partial charge in [-0.05, 0) is 23.0 Å². The predicted molar refractivity (Wildman–Crippen MR) is 108 cm³/mol. The Bertz CT molecular complexity index is 540. The number of benzene rings is 3. The van der Waals surface area contributed by atoms with Crippen LogP contribution in [0.4, 0.5) is 0 Å². The molecule has 0 heteroatoms. The summed E-state index contributed by atoms with van der Waals surface area (Å²) in [5.41, 5.74) is 2.83. The van der Waals surface area contributed by atoms with Gasteiger partial charge in [-0.3, -0.25) is 0 Å². The SMILES string of the molecule is CC(C)c1ccccc1.CC(C)c1ccccc1.c1ccccc1. The zero-order chi connectivity index (χ0) is 17.6. The van der Waals surface area contributed by atoms with Crippen molar-refractivity contribution in [2.24, 2.45) is 0 Å². The van der Waals surface area contributed by atoms with E-state index in [1.54, 1.807) is 0 Å². The molecule has 3 rings (SSSR count). The second-order valence-electron chi connectivity index (χ2n) is 6.29. The van der Waals surface area contributed by atoms with Crippen LogP contribution in [0.1, 0.15) is 50.7 Å². The lowest BCUT2D eigenvalue weighted by atomic mass is 10.0. The quantitative estimate of drug-likeness (QED) is 0.465. The van der Waals surface area contributed by atoms with Crippen molar-refractivity contribution in [1.82, 2.24) is 0 Å². The highest BCUT2D eigenvalue weighted by Crippen LogP contribution is 2.12. The van der Waals surface area contributed by atoms with E-state index in [0.717, 1.165) is 0 Å². The van der Waals surface area contributed by atoms with Crippen molar-refractivity contribution in [3.05, 3.63) is 108 Å². The van der Waals surface area contributed by atoms with Crippen LogP contribution in [0.15, 0.2) is 97.1 Å². The molecule has 0 bridgehead atoms. The molecular formula is C24H30. The van der Waals surface area contributed by atoms with E-state index in [4.69, 9.17) is 0 Å². The molecule has 0 amide bonds. The Balaban J connectivity index is 0.000000184. The van der Waals surface area contributed by atoms with Crippen LogP contribution in [0, 0.1) is 0 Å². The van der Waals surface area contributed by atoms with Crippen LogP contribution in [-0.2, 0) is 0 Å². The van der Waals surface area contributed by atoms with Crippen LogP contribution >= 0.6 is 0 Å². The minimum Gasteiger partial charge on any atom is -0.0623 e. The summed E-state index contributed by atoms with van der Waals surface area (Å²) in [5, 5.41) is 0. The van der Waals surface area contributed by atoms with E-state index >= 15 is 0 Å². The highest BCUT2D eigenvalue weighted by Gasteiger charge is 1.94. The zero-order valence-electron chi connectivity index (χ0n) is 15.4. The van der Waals surface area contributed by atoms with E-state index < -0.39 is 0 Å². The Morgan fingerprint density at radius 3 is 0.750 bits per heavy atom. The number of hydrogen-bond acceptors (Lipinski definition) is 0. The van der Waals surface area contributed by atoms with Crippen LogP contribution in [-0.4, -0.2) is 0 Å². The number of rotatable bonds is 2. The molecule has 0 aromatic heterocycles. The minimum atomic E-state index is 0.659. The topological polar surface area (TPSA) is 0 Å². The monoisotopic (exact) mass is 318 g/mol. The van der Waals surface area contributed by atoms with Crippen molar-refractivity contribution >= 4 is 0 Å². The third-order valence-electron chi connectivity index (χ3n) is 3.60. The smallest absolute Gasteiger partial charge is 0.0219 e. The van der Waals surface area contributed by atoms with Gasteiger partial charge in [0.05, 0.1) is 0 Å². The molecule has 0 fully saturated rings. The largest absolute Gasteiger partial charge is 0.0623 e. The summed E-state index contributed by atoms with van der Waals surface area (Å²) in [6.07, 6.45) is 0. The van der Waals surface area contributed by atoms with E-state index in [1.165, 1.54) is 11.1 Å². The van der Waals surface area contributed by atoms with E-state index in [1.807, 2.05) is 48.5 Å². The molecule has 0 saturated heterocycles. The summed E-state index contributed by atoms with van der Waals surface area (Å²) in [4.78, 5) is 0. The molecular weight excluding hydrogens is 288 g/mol. The average Bonchev–Trinajstić information content (AvgIpc) is 2.65. The van der Waals surface area contributed by atoms with Gasteiger partial charge in [0.1, 0.15) is 0 Å². The van der Waals surface area contributed by atoms with Crippen molar-refractivity contribution in [2.45, 2.75) is 39.5 Å². The molecule has 0 nitrogen and oxygen atoms in total. The van der Waals surface area contributed by atoms with Gasteiger partial charge < -0.3 is 0 Å². The van der Waals surface area contributed by atoms with Gasteiger partial charge in [-0.1, -0.05) is 125 Å². The minimum absolute atomic E-state index is 0.659. The molecule has 0 N–H and O–H groups in total. The summed E-state index contributed by atoms with van der Waals surface area (Å²) in [5.74, 6) is 1.32. The highest BCUT2D eigenvalue weighted by atomic mass is 14.0. The summed E-state index contributed by atoms with van der Waals surface area (Å²) in [6.45, 7) is 8.81. The van der Waals surface area contributed by atoms with Crippen molar-refractivity contribution in [1.29, 1.82) is 0 Å². The molecule has 0 heterocycles. The average molecular weight is 319 g/mol. The first-order valence-electron chi connectivity index (χ1n) is 8.71. The van der Waals surface area contributed by atoms with Gasteiger partial charge in [0, 0.05) is 0 Å². The first kappa shape index (κ1) is 19.7. The summed E-state index contributed by atoms with van der Waals surface area (Å²) in [6, 6.07) is 33.0. The van der Waals surface area contributed by atoms with Gasteiger partial charge in [-0.15, -0.1) is 0 Å². The Morgan fingerprint density at radius 1 is 0.375 bits per heavy atom. The fourth-order valence-corrected chi connectivity index (χ4v) is 2.06. The zero-order valence-corrected chi connectivity index (χ0v) is 15.4. The first-order chi connectivity index (χ1) is 11.6. The summed E-state index contributed by atoms with van der Waals surface area (Å²) < 4.78 is 0. The second-order valence-corrected chi connectivity index (χ2v) is 6.29. The highest BCUT2D eigenvalue weighted by molar-refractivity contribution is 5.18. The van der Waals surface area contributed by atoms with Crippen molar-refractivity contribution in [2.75, 3.05) is 0 Å². The summed E-state index contributed by atoms with van der Waals surface area (Å²) in [7, 11) is 0. The lowest BCUT2D eigenvalue weighted by Gasteiger charge is -2.01. The fourth-order valence-electron chi connectivity index (χ4n) is 2.06.